The number of aliphatic hydroxyl groups is 1. The Hall–Kier alpha value is 0.01000. The van der Waals surface area contributed by atoms with E-state index in [0.29, 0.717) is 34.8 Å². The molecule has 0 aromatic carbocycles. The molecule has 0 spiro atoms. The number of hydrogen-bond donors (Lipinski definition) is 1. The third-order valence-electron chi connectivity index (χ3n) is 2.90. The highest BCUT2D eigenvalue weighted by Gasteiger charge is 2.30. The lowest BCUT2D eigenvalue weighted by Gasteiger charge is -2.21. The van der Waals surface area contributed by atoms with Crippen LogP contribution in [0.3, 0.4) is 0 Å². The van der Waals surface area contributed by atoms with Crippen molar-refractivity contribution in [2.75, 3.05) is 19.7 Å². The number of aliphatic hydroxyl groups excluding tert-OH is 1. The molecule has 8 heteroatoms. The molecular weight excluding hydrogens is 354 g/mol. The molecule has 1 aliphatic heterocycles. The van der Waals surface area contributed by atoms with Crippen molar-refractivity contribution in [1.29, 1.82) is 0 Å². The molecule has 5 nitrogen and oxygen atoms in total. The SMILES string of the molecule is CC1CN(S(=O)(=O)c2cc(CO)sc2Br)CCCO1. The molecule has 1 atom stereocenters. The van der Waals surface area contributed by atoms with Gasteiger partial charge >= 0.3 is 0 Å². The molecule has 0 amide bonds. The molecule has 1 fully saturated rings. The van der Waals surface area contributed by atoms with Crippen molar-refractivity contribution in [2.24, 2.45) is 0 Å². The summed E-state index contributed by atoms with van der Waals surface area (Å²) in [6.45, 7) is 3.12. The quantitative estimate of drug-likeness (QED) is 0.881. The zero-order chi connectivity index (χ0) is 14.0. The van der Waals surface area contributed by atoms with E-state index in [1.165, 1.54) is 21.7 Å². The molecule has 1 aliphatic rings. The lowest BCUT2D eigenvalue weighted by molar-refractivity contribution is 0.0752. The minimum absolute atomic E-state index is 0.105. The zero-order valence-corrected chi connectivity index (χ0v) is 13.7. The van der Waals surface area contributed by atoms with Crippen LogP contribution in [0.1, 0.15) is 18.2 Å². The number of sulfonamides is 1. The number of halogens is 1. The Morgan fingerprint density at radius 2 is 2.37 bits per heavy atom. The normalized spacial score (nSPS) is 22.4. The largest absolute Gasteiger partial charge is 0.391 e. The van der Waals surface area contributed by atoms with Crippen LogP contribution in [0, 0.1) is 0 Å². The molecular formula is C11H16BrNO4S2. The number of ether oxygens (including phenoxy) is 1. The van der Waals surface area contributed by atoms with Gasteiger partial charge in [-0.05, 0) is 35.3 Å². The lowest BCUT2D eigenvalue weighted by Crippen LogP contribution is -2.35. The van der Waals surface area contributed by atoms with E-state index in [1.807, 2.05) is 6.92 Å². The number of hydrogen-bond acceptors (Lipinski definition) is 5. The minimum Gasteiger partial charge on any atom is -0.391 e. The van der Waals surface area contributed by atoms with Gasteiger partial charge in [-0.25, -0.2) is 8.42 Å². The Balaban J connectivity index is 2.32. The van der Waals surface area contributed by atoms with Crippen LogP contribution in [0.5, 0.6) is 0 Å². The Morgan fingerprint density at radius 1 is 1.63 bits per heavy atom. The summed E-state index contributed by atoms with van der Waals surface area (Å²) in [5.74, 6) is 0. The van der Waals surface area contributed by atoms with E-state index in [4.69, 9.17) is 9.84 Å². The molecule has 0 bridgehead atoms. The third kappa shape index (κ3) is 3.37. The predicted molar refractivity (Wildman–Crippen MR) is 76.7 cm³/mol. The number of rotatable bonds is 3. The van der Waals surface area contributed by atoms with Crippen molar-refractivity contribution in [3.05, 3.63) is 14.7 Å². The standard InChI is InChI=1S/C11H16BrNO4S2/c1-8-6-13(3-2-4-17-8)19(15,16)10-5-9(7-14)18-11(10)12/h5,8,14H,2-4,6-7H2,1H3. The summed E-state index contributed by atoms with van der Waals surface area (Å²) in [6, 6.07) is 1.53. The summed E-state index contributed by atoms with van der Waals surface area (Å²) < 4.78 is 32.7. The summed E-state index contributed by atoms with van der Waals surface area (Å²) >= 11 is 4.51. The summed E-state index contributed by atoms with van der Waals surface area (Å²) in [5.41, 5.74) is 0. The van der Waals surface area contributed by atoms with Crippen LogP contribution in [0.25, 0.3) is 0 Å². The second-order valence-electron chi connectivity index (χ2n) is 4.41. The Bertz CT molecular complexity index is 543. The number of nitrogens with zero attached hydrogens (tertiary/aromatic N) is 1. The number of thiophene rings is 1. The van der Waals surface area contributed by atoms with Gasteiger partial charge < -0.3 is 9.84 Å². The first-order valence-corrected chi connectivity index (χ1v) is 9.01. The van der Waals surface area contributed by atoms with Gasteiger partial charge in [-0.1, -0.05) is 0 Å². The highest BCUT2D eigenvalue weighted by Crippen LogP contribution is 2.34. The van der Waals surface area contributed by atoms with Crippen molar-refractivity contribution in [3.8, 4) is 0 Å². The maximum atomic E-state index is 12.6. The average Bonchev–Trinajstić information content (AvgIpc) is 2.60. The van der Waals surface area contributed by atoms with Gasteiger partial charge in [-0.2, -0.15) is 4.31 Å². The minimum atomic E-state index is -3.53. The molecule has 1 N–H and O–H groups in total. The first-order valence-electron chi connectivity index (χ1n) is 5.96. The van der Waals surface area contributed by atoms with E-state index in [2.05, 4.69) is 15.9 Å². The van der Waals surface area contributed by atoms with E-state index in [9.17, 15) is 8.42 Å². The maximum Gasteiger partial charge on any atom is 0.245 e. The molecule has 19 heavy (non-hydrogen) atoms. The molecule has 2 heterocycles. The summed E-state index contributed by atoms with van der Waals surface area (Å²) in [5, 5.41) is 9.10. The van der Waals surface area contributed by atoms with E-state index in [-0.39, 0.29) is 17.6 Å². The zero-order valence-electron chi connectivity index (χ0n) is 10.5. The fourth-order valence-electron chi connectivity index (χ4n) is 1.97. The fourth-order valence-corrected chi connectivity index (χ4v) is 6.01. The van der Waals surface area contributed by atoms with Crippen molar-refractivity contribution in [2.45, 2.75) is 31.0 Å². The molecule has 1 aromatic rings. The van der Waals surface area contributed by atoms with Crippen LogP contribution in [-0.2, 0) is 21.4 Å². The molecule has 108 valence electrons. The Kier molecular flexibility index (Phi) is 5.02. The first kappa shape index (κ1) is 15.4. The van der Waals surface area contributed by atoms with Crippen LogP contribution < -0.4 is 0 Å². The van der Waals surface area contributed by atoms with Crippen molar-refractivity contribution >= 4 is 37.3 Å². The van der Waals surface area contributed by atoms with Gasteiger partial charge in [0.25, 0.3) is 0 Å². The van der Waals surface area contributed by atoms with E-state index < -0.39 is 10.0 Å². The van der Waals surface area contributed by atoms with Gasteiger partial charge in [0, 0.05) is 24.6 Å². The van der Waals surface area contributed by atoms with Crippen LogP contribution in [0.2, 0.25) is 0 Å². The molecule has 1 unspecified atom stereocenters. The van der Waals surface area contributed by atoms with E-state index in [0.717, 1.165) is 0 Å². The monoisotopic (exact) mass is 369 g/mol. The predicted octanol–water partition coefficient (Wildman–Crippen LogP) is 1.80. The maximum absolute atomic E-state index is 12.6. The first-order chi connectivity index (χ1) is 8.95. The Morgan fingerprint density at radius 3 is 3.00 bits per heavy atom. The van der Waals surface area contributed by atoms with E-state index in [1.54, 1.807) is 0 Å². The van der Waals surface area contributed by atoms with Crippen LogP contribution in [-0.4, -0.2) is 43.6 Å². The van der Waals surface area contributed by atoms with Crippen LogP contribution in [0.15, 0.2) is 14.7 Å². The van der Waals surface area contributed by atoms with Crippen molar-refractivity contribution in [3.63, 3.8) is 0 Å². The molecule has 1 saturated heterocycles. The highest BCUT2D eigenvalue weighted by atomic mass is 79.9. The molecule has 0 saturated carbocycles. The molecule has 0 radical (unpaired) electrons. The topological polar surface area (TPSA) is 66.8 Å². The fraction of sp³-hybridized carbons (Fsp3) is 0.636. The molecule has 0 aliphatic carbocycles. The van der Waals surface area contributed by atoms with Gasteiger partial charge in [0.1, 0.15) is 4.90 Å². The van der Waals surface area contributed by atoms with Gasteiger partial charge in [0.05, 0.1) is 16.5 Å². The van der Waals surface area contributed by atoms with Gasteiger partial charge in [0.15, 0.2) is 0 Å². The second-order valence-corrected chi connectivity index (χ2v) is 8.77. The average molecular weight is 370 g/mol. The molecule has 2 rings (SSSR count). The summed E-state index contributed by atoms with van der Waals surface area (Å²) in [4.78, 5) is 0.861. The van der Waals surface area contributed by atoms with Gasteiger partial charge in [-0.3, -0.25) is 0 Å². The Labute approximate surface area is 125 Å². The summed E-state index contributed by atoms with van der Waals surface area (Å²) in [7, 11) is -3.53. The third-order valence-corrected chi connectivity index (χ3v) is 7.00. The smallest absolute Gasteiger partial charge is 0.245 e. The van der Waals surface area contributed by atoms with Crippen molar-refractivity contribution in [1.82, 2.24) is 4.31 Å². The molecule has 1 aromatic heterocycles. The lowest BCUT2D eigenvalue weighted by atomic mass is 10.4. The van der Waals surface area contributed by atoms with Crippen LogP contribution >= 0.6 is 27.3 Å². The van der Waals surface area contributed by atoms with E-state index >= 15 is 0 Å². The highest BCUT2D eigenvalue weighted by molar-refractivity contribution is 9.11. The van der Waals surface area contributed by atoms with Gasteiger partial charge in [0.2, 0.25) is 10.0 Å². The second kappa shape index (κ2) is 6.19. The van der Waals surface area contributed by atoms with Gasteiger partial charge in [-0.15, -0.1) is 11.3 Å². The van der Waals surface area contributed by atoms with Crippen molar-refractivity contribution < 1.29 is 18.3 Å². The summed E-state index contributed by atoms with van der Waals surface area (Å²) in [6.07, 6.45) is 0.588. The van der Waals surface area contributed by atoms with Crippen LogP contribution in [0.4, 0.5) is 0 Å².